The van der Waals surface area contributed by atoms with E-state index in [4.69, 9.17) is 4.52 Å². The van der Waals surface area contributed by atoms with E-state index in [1.54, 1.807) is 4.68 Å². The molecule has 0 atom stereocenters. The molecule has 3 aromatic heterocycles. The zero-order valence-electron chi connectivity index (χ0n) is 13.7. The number of rotatable bonds is 4. The van der Waals surface area contributed by atoms with E-state index >= 15 is 0 Å². The van der Waals surface area contributed by atoms with E-state index in [2.05, 4.69) is 20.2 Å². The van der Waals surface area contributed by atoms with E-state index in [0.29, 0.717) is 21.9 Å². The van der Waals surface area contributed by atoms with Gasteiger partial charge in [0.2, 0.25) is 0 Å². The highest BCUT2D eigenvalue weighted by Crippen LogP contribution is 2.24. The van der Waals surface area contributed by atoms with Crippen molar-refractivity contribution in [3.05, 3.63) is 63.9 Å². The van der Waals surface area contributed by atoms with Crippen molar-refractivity contribution >= 4 is 22.8 Å². The van der Waals surface area contributed by atoms with Crippen LogP contribution in [0, 0.1) is 13.8 Å². The third-order valence-corrected chi connectivity index (χ3v) is 4.85. The first-order chi connectivity index (χ1) is 12.1. The van der Waals surface area contributed by atoms with E-state index < -0.39 is 0 Å². The first-order valence-corrected chi connectivity index (χ1v) is 8.70. The van der Waals surface area contributed by atoms with E-state index in [1.165, 1.54) is 18.0 Å². The van der Waals surface area contributed by atoms with Crippen LogP contribution in [0.3, 0.4) is 0 Å². The van der Waals surface area contributed by atoms with Crippen molar-refractivity contribution in [1.29, 1.82) is 0 Å². The number of para-hydroxylation sites is 1. The maximum atomic E-state index is 12.3. The molecule has 0 spiro atoms. The van der Waals surface area contributed by atoms with Crippen LogP contribution in [0.25, 0.3) is 16.7 Å². The van der Waals surface area contributed by atoms with Gasteiger partial charge in [-0.15, -0.1) is 0 Å². The number of aromatic nitrogens is 5. The van der Waals surface area contributed by atoms with Gasteiger partial charge in [-0.25, -0.2) is 9.67 Å². The molecule has 126 valence electrons. The van der Waals surface area contributed by atoms with Gasteiger partial charge in [0.15, 0.2) is 10.8 Å². The Labute approximate surface area is 147 Å². The maximum Gasteiger partial charge on any atom is 0.262 e. The van der Waals surface area contributed by atoms with Crippen LogP contribution in [0.15, 0.2) is 51.0 Å². The van der Waals surface area contributed by atoms with E-state index in [-0.39, 0.29) is 5.56 Å². The average molecular weight is 353 g/mol. The zero-order valence-corrected chi connectivity index (χ0v) is 14.5. The summed E-state index contributed by atoms with van der Waals surface area (Å²) >= 11 is 1.44. The summed E-state index contributed by atoms with van der Waals surface area (Å²) in [5.74, 6) is 1.40. The number of fused-ring (bicyclic) bond motifs is 1. The molecule has 0 fully saturated rings. The quantitative estimate of drug-likeness (QED) is 0.448. The SMILES string of the molecule is Cc1noc(C)c1CSc1nc2c(cnn2-c2ccccc2)c(=O)[nH]1. The van der Waals surface area contributed by atoms with Crippen molar-refractivity contribution in [2.45, 2.75) is 24.8 Å². The molecule has 25 heavy (non-hydrogen) atoms. The largest absolute Gasteiger partial charge is 0.361 e. The van der Waals surface area contributed by atoms with Gasteiger partial charge in [0.05, 0.1) is 17.6 Å². The lowest BCUT2D eigenvalue weighted by Gasteiger charge is -2.04. The molecule has 0 unspecified atom stereocenters. The number of hydrogen-bond acceptors (Lipinski definition) is 6. The Hall–Kier alpha value is -2.87. The second-order valence-electron chi connectivity index (χ2n) is 5.59. The molecule has 7 nitrogen and oxygen atoms in total. The third kappa shape index (κ3) is 2.85. The summed E-state index contributed by atoms with van der Waals surface area (Å²) in [6, 6.07) is 9.62. The second kappa shape index (κ2) is 6.21. The topological polar surface area (TPSA) is 89.6 Å². The van der Waals surface area contributed by atoms with Crippen LogP contribution in [0.1, 0.15) is 17.0 Å². The highest BCUT2D eigenvalue weighted by atomic mass is 32.2. The standard InChI is InChI=1S/C17H15N5O2S/c1-10-14(11(2)24-21-10)9-25-17-19-15-13(16(23)20-17)8-18-22(15)12-6-4-3-5-7-12/h3-8H,9H2,1-2H3,(H,19,20,23). The molecule has 4 rings (SSSR count). The normalized spacial score (nSPS) is 11.3. The molecular weight excluding hydrogens is 338 g/mol. The van der Waals surface area contributed by atoms with Crippen molar-refractivity contribution < 1.29 is 4.52 Å². The van der Waals surface area contributed by atoms with Gasteiger partial charge in [0.25, 0.3) is 5.56 Å². The maximum absolute atomic E-state index is 12.3. The smallest absolute Gasteiger partial charge is 0.262 e. The van der Waals surface area contributed by atoms with Crippen molar-refractivity contribution in [3.63, 3.8) is 0 Å². The van der Waals surface area contributed by atoms with Crippen LogP contribution < -0.4 is 5.56 Å². The molecule has 0 amide bonds. The predicted molar refractivity (Wildman–Crippen MR) is 95.0 cm³/mol. The molecule has 0 aliphatic carbocycles. The molecule has 0 aliphatic rings. The van der Waals surface area contributed by atoms with Crippen molar-refractivity contribution in [1.82, 2.24) is 24.9 Å². The average Bonchev–Trinajstić information content (AvgIpc) is 3.18. The van der Waals surface area contributed by atoms with Crippen LogP contribution in [0.2, 0.25) is 0 Å². The van der Waals surface area contributed by atoms with Gasteiger partial charge in [-0.1, -0.05) is 35.1 Å². The summed E-state index contributed by atoms with van der Waals surface area (Å²) in [4.78, 5) is 19.7. The minimum atomic E-state index is -0.201. The highest BCUT2D eigenvalue weighted by molar-refractivity contribution is 7.98. The second-order valence-corrected chi connectivity index (χ2v) is 6.56. The number of thioether (sulfide) groups is 1. The molecule has 3 heterocycles. The molecule has 0 radical (unpaired) electrons. The molecule has 1 aromatic carbocycles. The molecule has 0 saturated carbocycles. The van der Waals surface area contributed by atoms with Gasteiger partial charge in [0, 0.05) is 11.3 Å². The number of nitrogens with zero attached hydrogens (tertiary/aromatic N) is 4. The van der Waals surface area contributed by atoms with Gasteiger partial charge in [-0.3, -0.25) is 4.79 Å². The fourth-order valence-corrected chi connectivity index (χ4v) is 3.58. The lowest BCUT2D eigenvalue weighted by atomic mass is 10.2. The van der Waals surface area contributed by atoms with Crippen molar-refractivity contribution in [2.75, 3.05) is 0 Å². The summed E-state index contributed by atoms with van der Waals surface area (Å²) in [7, 11) is 0. The number of H-pyrrole nitrogens is 1. The van der Waals surface area contributed by atoms with E-state index in [9.17, 15) is 4.79 Å². The Morgan fingerprint density at radius 3 is 2.76 bits per heavy atom. The Morgan fingerprint density at radius 1 is 1.24 bits per heavy atom. The molecule has 8 heteroatoms. The summed E-state index contributed by atoms with van der Waals surface area (Å²) in [6.45, 7) is 3.77. The lowest BCUT2D eigenvalue weighted by Crippen LogP contribution is -2.09. The summed E-state index contributed by atoms with van der Waals surface area (Å²) in [5, 5.41) is 9.25. The molecule has 1 N–H and O–H groups in total. The monoisotopic (exact) mass is 353 g/mol. The first kappa shape index (κ1) is 15.6. The Kier molecular flexibility index (Phi) is 3.89. The van der Waals surface area contributed by atoms with Crippen molar-refractivity contribution in [2.24, 2.45) is 0 Å². The fraction of sp³-hybridized carbons (Fsp3) is 0.176. The minimum absolute atomic E-state index is 0.201. The van der Waals surface area contributed by atoms with Crippen LogP contribution in [0.4, 0.5) is 0 Å². The predicted octanol–water partition coefficient (Wildman–Crippen LogP) is 3.01. The number of benzene rings is 1. The fourth-order valence-electron chi connectivity index (χ4n) is 2.57. The van der Waals surface area contributed by atoms with Crippen LogP contribution in [-0.2, 0) is 5.75 Å². The summed E-state index contributed by atoms with van der Waals surface area (Å²) < 4.78 is 6.84. The lowest BCUT2D eigenvalue weighted by molar-refractivity contribution is 0.392. The van der Waals surface area contributed by atoms with Crippen LogP contribution >= 0.6 is 11.8 Å². The molecule has 4 aromatic rings. The third-order valence-electron chi connectivity index (χ3n) is 3.95. The van der Waals surface area contributed by atoms with Gasteiger partial charge in [-0.05, 0) is 26.0 Å². The first-order valence-electron chi connectivity index (χ1n) is 7.71. The van der Waals surface area contributed by atoms with Gasteiger partial charge >= 0.3 is 0 Å². The Balaban J connectivity index is 1.72. The molecular formula is C17H15N5O2S. The van der Waals surface area contributed by atoms with Gasteiger partial charge in [0.1, 0.15) is 11.1 Å². The van der Waals surface area contributed by atoms with E-state index in [1.807, 2.05) is 44.2 Å². The number of aromatic amines is 1. The van der Waals surface area contributed by atoms with Crippen LogP contribution in [-0.4, -0.2) is 24.9 Å². The number of nitrogens with one attached hydrogen (secondary N) is 1. The number of hydrogen-bond donors (Lipinski definition) is 1. The zero-order chi connectivity index (χ0) is 17.4. The van der Waals surface area contributed by atoms with Crippen LogP contribution in [0.5, 0.6) is 0 Å². The molecule has 0 aliphatic heterocycles. The van der Waals surface area contributed by atoms with Crippen molar-refractivity contribution in [3.8, 4) is 5.69 Å². The van der Waals surface area contributed by atoms with E-state index in [0.717, 1.165) is 22.7 Å². The Morgan fingerprint density at radius 2 is 2.04 bits per heavy atom. The minimum Gasteiger partial charge on any atom is -0.361 e. The Bertz CT molecular complexity index is 1080. The van der Waals surface area contributed by atoms with Gasteiger partial charge < -0.3 is 9.51 Å². The molecule has 0 saturated heterocycles. The highest BCUT2D eigenvalue weighted by Gasteiger charge is 2.14. The summed E-state index contributed by atoms with van der Waals surface area (Å²) in [5.41, 5.74) is 3.06. The summed E-state index contributed by atoms with van der Waals surface area (Å²) in [6.07, 6.45) is 1.54. The molecule has 0 bridgehead atoms. The van der Waals surface area contributed by atoms with Gasteiger partial charge in [-0.2, -0.15) is 5.10 Å². The number of aryl methyl sites for hydroxylation is 2.